The lowest BCUT2D eigenvalue weighted by atomic mass is 10.5. The number of rotatable bonds is 1. The second-order valence-corrected chi connectivity index (χ2v) is 2.36. The monoisotopic (exact) mass is 134 g/mol. The Balaban J connectivity index is 3.01. The molecule has 2 heteroatoms. The molecule has 0 N–H and O–H groups in total. The quantitative estimate of drug-likeness (QED) is 0.573. The third-order valence-corrected chi connectivity index (χ3v) is 1.65. The van der Waals surface area contributed by atoms with Gasteiger partial charge in [0.2, 0.25) is 0 Å². The molecule has 2 nitrogen and oxygen atoms in total. The summed E-state index contributed by atoms with van der Waals surface area (Å²) >= 11 is 0. The van der Waals surface area contributed by atoms with E-state index in [0.29, 0.717) is 6.54 Å². The van der Waals surface area contributed by atoms with Crippen molar-refractivity contribution in [2.75, 3.05) is 0 Å². The Morgan fingerprint density at radius 1 is 1.40 bits per heavy atom. The van der Waals surface area contributed by atoms with Crippen LogP contribution in [0.5, 0.6) is 0 Å². The van der Waals surface area contributed by atoms with Gasteiger partial charge < -0.3 is 4.57 Å². The van der Waals surface area contributed by atoms with Gasteiger partial charge in [-0.1, -0.05) is 0 Å². The predicted molar refractivity (Wildman–Crippen MR) is 39.5 cm³/mol. The topological polar surface area (TPSA) is 28.7 Å². The van der Waals surface area contributed by atoms with E-state index in [9.17, 15) is 0 Å². The van der Waals surface area contributed by atoms with E-state index in [2.05, 4.69) is 6.07 Å². The first-order chi connectivity index (χ1) is 4.75. The average molecular weight is 134 g/mol. The van der Waals surface area contributed by atoms with Gasteiger partial charge in [-0.05, 0) is 26.0 Å². The van der Waals surface area contributed by atoms with Crippen LogP contribution >= 0.6 is 0 Å². The second-order valence-electron chi connectivity index (χ2n) is 2.36. The molecule has 0 atom stereocenters. The van der Waals surface area contributed by atoms with Crippen LogP contribution in [0.4, 0.5) is 0 Å². The van der Waals surface area contributed by atoms with Crippen LogP contribution in [0.1, 0.15) is 11.4 Å². The Bertz CT molecular complexity index is 246. The first kappa shape index (κ1) is 6.88. The Morgan fingerprint density at radius 3 is 2.30 bits per heavy atom. The summed E-state index contributed by atoms with van der Waals surface area (Å²) in [6.07, 6.45) is 0. The van der Waals surface area contributed by atoms with Crippen molar-refractivity contribution in [3.8, 4) is 6.07 Å². The molecule has 0 aliphatic carbocycles. The molecular formula is C8H10N2. The van der Waals surface area contributed by atoms with E-state index in [1.807, 2.05) is 30.5 Å². The molecule has 10 heavy (non-hydrogen) atoms. The van der Waals surface area contributed by atoms with E-state index in [4.69, 9.17) is 5.26 Å². The maximum atomic E-state index is 8.42. The van der Waals surface area contributed by atoms with Gasteiger partial charge in [0.1, 0.15) is 6.54 Å². The zero-order chi connectivity index (χ0) is 7.56. The SMILES string of the molecule is Cc1ccc(C)n1CC#N. The van der Waals surface area contributed by atoms with Crippen LogP contribution in [0.2, 0.25) is 0 Å². The molecular weight excluding hydrogens is 124 g/mol. The van der Waals surface area contributed by atoms with E-state index in [-0.39, 0.29) is 0 Å². The van der Waals surface area contributed by atoms with Crippen molar-refractivity contribution in [1.82, 2.24) is 4.57 Å². The van der Waals surface area contributed by atoms with E-state index < -0.39 is 0 Å². The molecule has 0 bridgehead atoms. The number of hydrogen-bond acceptors (Lipinski definition) is 1. The third kappa shape index (κ3) is 1.03. The highest BCUT2D eigenvalue weighted by atomic mass is 15.0. The zero-order valence-electron chi connectivity index (χ0n) is 6.26. The third-order valence-electron chi connectivity index (χ3n) is 1.65. The minimum atomic E-state index is 0.463. The van der Waals surface area contributed by atoms with Crippen LogP contribution in [0, 0.1) is 25.2 Å². The molecule has 0 amide bonds. The molecule has 0 radical (unpaired) electrons. The molecule has 0 fully saturated rings. The van der Waals surface area contributed by atoms with Gasteiger partial charge >= 0.3 is 0 Å². The van der Waals surface area contributed by atoms with Gasteiger partial charge in [-0.15, -0.1) is 0 Å². The molecule has 0 aromatic carbocycles. The maximum Gasteiger partial charge on any atom is 0.110 e. The number of nitriles is 1. The van der Waals surface area contributed by atoms with E-state index >= 15 is 0 Å². The fraction of sp³-hybridized carbons (Fsp3) is 0.375. The van der Waals surface area contributed by atoms with Gasteiger partial charge in [-0.25, -0.2) is 0 Å². The molecule has 0 spiro atoms. The Kier molecular flexibility index (Phi) is 1.77. The van der Waals surface area contributed by atoms with Gasteiger partial charge in [-0.3, -0.25) is 0 Å². The van der Waals surface area contributed by atoms with Crippen molar-refractivity contribution in [2.24, 2.45) is 0 Å². The molecule has 1 heterocycles. The average Bonchev–Trinajstić information content (AvgIpc) is 2.20. The van der Waals surface area contributed by atoms with Crippen molar-refractivity contribution in [2.45, 2.75) is 20.4 Å². The highest BCUT2D eigenvalue weighted by Crippen LogP contribution is 2.05. The van der Waals surface area contributed by atoms with Crippen LogP contribution in [-0.4, -0.2) is 4.57 Å². The molecule has 0 unspecified atom stereocenters. The fourth-order valence-electron chi connectivity index (χ4n) is 1.02. The number of aromatic nitrogens is 1. The molecule has 0 saturated heterocycles. The van der Waals surface area contributed by atoms with Crippen LogP contribution in [0.15, 0.2) is 12.1 Å². The van der Waals surface area contributed by atoms with Crippen LogP contribution in [0.3, 0.4) is 0 Å². The Hall–Kier alpha value is -1.23. The lowest BCUT2D eigenvalue weighted by Crippen LogP contribution is -1.99. The van der Waals surface area contributed by atoms with Gasteiger partial charge in [0.05, 0.1) is 6.07 Å². The van der Waals surface area contributed by atoms with Crippen molar-refractivity contribution in [3.63, 3.8) is 0 Å². The highest BCUT2D eigenvalue weighted by Gasteiger charge is 1.97. The first-order valence-corrected chi connectivity index (χ1v) is 3.25. The largest absolute Gasteiger partial charge is 0.336 e. The summed E-state index contributed by atoms with van der Waals surface area (Å²) in [5.41, 5.74) is 2.30. The minimum Gasteiger partial charge on any atom is -0.336 e. The van der Waals surface area contributed by atoms with Crippen LogP contribution in [-0.2, 0) is 6.54 Å². The molecule has 0 saturated carbocycles. The van der Waals surface area contributed by atoms with Crippen LogP contribution in [0.25, 0.3) is 0 Å². The summed E-state index contributed by atoms with van der Waals surface area (Å²) in [4.78, 5) is 0. The summed E-state index contributed by atoms with van der Waals surface area (Å²) in [5.74, 6) is 0. The summed E-state index contributed by atoms with van der Waals surface area (Å²) < 4.78 is 1.99. The van der Waals surface area contributed by atoms with Gasteiger partial charge in [0.25, 0.3) is 0 Å². The number of nitrogens with zero attached hydrogens (tertiary/aromatic N) is 2. The molecule has 1 aromatic heterocycles. The summed E-state index contributed by atoms with van der Waals surface area (Å²) in [7, 11) is 0. The van der Waals surface area contributed by atoms with Gasteiger partial charge in [-0.2, -0.15) is 5.26 Å². The van der Waals surface area contributed by atoms with Crippen molar-refractivity contribution in [3.05, 3.63) is 23.5 Å². The summed E-state index contributed by atoms with van der Waals surface area (Å²) in [5, 5.41) is 8.42. The highest BCUT2D eigenvalue weighted by molar-refractivity contribution is 5.14. The van der Waals surface area contributed by atoms with Crippen molar-refractivity contribution < 1.29 is 0 Å². The van der Waals surface area contributed by atoms with Crippen molar-refractivity contribution in [1.29, 1.82) is 5.26 Å². The molecule has 1 aromatic rings. The normalized spacial score (nSPS) is 9.30. The van der Waals surface area contributed by atoms with Gasteiger partial charge in [0, 0.05) is 11.4 Å². The standard InChI is InChI=1S/C8H10N2/c1-7-3-4-8(2)10(7)6-5-9/h3-4H,6H2,1-2H3. The molecule has 0 aliphatic heterocycles. The molecule has 52 valence electrons. The smallest absolute Gasteiger partial charge is 0.110 e. The number of hydrogen-bond donors (Lipinski definition) is 0. The Labute approximate surface area is 60.7 Å². The van der Waals surface area contributed by atoms with Gasteiger partial charge in [0.15, 0.2) is 0 Å². The van der Waals surface area contributed by atoms with E-state index in [1.54, 1.807) is 0 Å². The molecule has 1 rings (SSSR count). The lowest BCUT2D eigenvalue weighted by molar-refractivity contribution is 0.777. The first-order valence-electron chi connectivity index (χ1n) is 3.25. The summed E-state index contributed by atoms with van der Waals surface area (Å²) in [6.45, 7) is 4.47. The predicted octanol–water partition coefficient (Wildman–Crippen LogP) is 1.63. The minimum absolute atomic E-state index is 0.463. The van der Waals surface area contributed by atoms with E-state index in [1.165, 1.54) is 0 Å². The van der Waals surface area contributed by atoms with Crippen molar-refractivity contribution >= 4 is 0 Å². The second kappa shape index (κ2) is 2.57. The van der Waals surface area contributed by atoms with E-state index in [0.717, 1.165) is 11.4 Å². The summed E-state index contributed by atoms with van der Waals surface area (Å²) in [6, 6.07) is 6.16. The lowest BCUT2D eigenvalue weighted by Gasteiger charge is -2.01. The van der Waals surface area contributed by atoms with Crippen LogP contribution < -0.4 is 0 Å². The fourth-order valence-corrected chi connectivity index (χ4v) is 1.02. The molecule has 0 aliphatic rings. The Morgan fingerprint density at radius 2 is 1.90 bits per heavy atom. The number of aryl methyl sites for hydroxylation is 2. The maximum absolute atomic E-state index is 8.42. The zero-order valence-corrected chi connectivity index (χ0v) is 6.26.